The molecule has 0 fully saturated rings. The van der Waals surface area contributed by atoms with E-state index in [2.05, 4.69) is 12.1 Å². The molecule has 4 heteroatoms. The second-order valence-electron chi connectivity index (χ2n) is 3.49. The molecule has 0 radical (unpaired) electrons. The minimum absolute atomic E-state index is 0. The number of hydrogen-bond donors (Lipinski definition) is 2. The summed E-state index contributed by atoms with van der Waals surface area (Å²) >= 11 is 0. The fraction of sp³-hybridized carbons (Fsp3) is 0. The van der Waals surface area contributed by atoms with E-state index in [9.17, 15) is 0 Å². The number of nitrogens with two attached hydrogens (primary N) is 2. The Balaban J connectivity index is 0.00000144. The Labute approximate surface area is 152 Å². The molecule has 0 amide bonds. The quantitative estimate of drug-likeness (QED) is 0.254. The van der Waals surface area contributed by atoms with E-state index in [0.29, 0.717) is 0 Å². The second kappa shape index (κ2) is 8.81. The summed E-state index contributed by atoms with van der Waals surface area (Å²) in [5.74, 6) is 0. The normalized spacial score (nSPS) is 9.56. The Hall–Kier alpha value is -0.220. The molecule has 0 atom stereocenters. The molecule has 0 aliphatic heterocycles. The first-order valence-electron chi connectivity index (χ1n) is 4.96. The molecule has 2 aromatic rings. The van der Waals surface area contributed by atoms with Crippen LogP contribution < -0.4 is 70.6 Å². The van der Waals surface area contributed by atoms with Crippen molar-refractivity contribution < 1.29 is 59.1 Å². The number of benzene rings is 2. The van der Waals surface area contributed by atoms with Crippen LogP contribution in [0, 0.1) is 12.1 Å². The molecule has 80 valence electrons. The summed E-state index contributed by atoms with van der Waals surface area (Å²) in [7, 11) is 0. The van der Waals surface area contributed by atoms with E-state index in [-0.39, 0.29) is 59.1 Å². The molecule has 0 unspecified atom stereocenters. The Kier molecular flexibility index (Phi) is 8.70. The molecular formula is C14H12N2Na2. The van der Waals surface area contributed by atoms with Crippen LogP contribution in [0.3, 0.4) is 0 Å². The maximum Gasteiger partial charge on any atom is 1.00 e. The van der Waals surface area contributed by atoms with E-state index >= 15 is 0 Å². The summed E-state index contributed by atoms with van der Waals surface area (Å²) in [4.78, 5) is 0. The number of rotatable bonds is 2. The molecular weight excluding hydrogens is 242 g/mol. The average Bonchev–Trinajstić information content (AvgIpc) is 2.30. The van der Waals surface area contributed by atoms with Crippen LogP contribution in [0.2, 0.25) is 0 Å². The molecule has 2 nitrogen and oxygen atoms in total. The van der Waals surface area contributed by atoms with Crippen molar-refractivity contribution in [3.63, 3.8) is 0 Å². The zero-order chi connectivity index (χ0) is 11.4. The van der Waals surface area contributed by atoms with Gasteiger partial charge in [0.05, 0.1) is 0 Å². The maximum atomic E-state index is 5.58. The smallest absolute Gasteiger partial charge is 0.436 e. The second-order valence-corrected chi connectivity index (χ2v) is 3.49. The van der Waals surface area contributed by atoms with Gasteiger partial charge in [-0.25, -0.2) is 0 Å². The SMILES string of the molecule is Nc1c[c-]c(C=Cc2[c-]cc(N)cc2)cc1.[Na+].[Na+]. The van der Waals surface area contributed by atoms with Crippen molar-refractivity contribution in [3.05, 3.63) is 59.7 Å². The molecule has 0 heterocycles. The molecule has 2 rings (SSSR count). The van der Waals surface area contributed by atoms with Gasteiger partial charge in [0.2, 0.25) is 0 Å². The van der Waals surface area contributed by atoms with Gasteiger partial charge in [-0.2, -0.15) is 23.3 Å². The summed E-state index contributed by atoms with van der Waals surface area (Å²) in [5.41, 5.74) is 14.6. The predicted molar refractivity (Wildman–Crippen MR) is 68.3 cm³/mol. The van der Waals surface area contributed by atoms with Gasteiger partial charge in [0.15, 0.2) is 0 Å². The molecule has 18 heavy (non-hydrogen) atoms. The van der Waals surface area contributed by atoms with Crippen LogP contribution in [0.5, 0.6) is 0 Å². The van der Waals surface area contributed by atoms with Gasteiger partial charge in [-0.15, -0.1) is 48.5 Å². The third-order valence-corrected chi connectivity index (χ3v) is 2.16. The van der Waals surface area contributed by atoms with Crippen LogP contribution in [-0.2, 0) is 0 Å². The Bertz CT molecular complexity index is 443. The van der Waals surface area contributed by atoms with E-state index < -0.39 is 0 Å². The Morgan fingerprint density at radius 2 is 1.11 bits per heavy atom. The fourth-order valence-corrected chi connectivity index (χ4v) is 1.28. The number of nitrogen functional groups attached to an aromatic ring is 2. The van der Waals surface area contributed by atoms with Crippen LogP contribution in [-0.4, -0.2) is 0 Å². The molecule has 0 aliphatic rings. The van der Waals surface area contributed by atoms with Crippen molar-refractivity contribution >= 4 is 23.5 Å². The minimum atomic E-state index is 0. The summed E-state index contributed by atoms with van der Waals surface area (Å²) < 4.78 is 0. The molecule has 0 aromatic heterocycles. The average molecular weight is 254 g/mol. The number of anilines is 2. The zero-order valence-electron chi connectivity index (χ0n) is 10.8. The molecule has 0 aliphatic carbocycles. The van der Waals surface area contributed by atoms with Crippen molar-refractivity contribution in [1.82, 2.24) is 0 Å². The van der Waals surface area contributed by atoms with E-state index in [1.54, 1.807) is 12.1 Å². The predicted octanol–water partition coefficient (Wildman–Crippen LogP) is -3.37. The van der Waals surface area contributed by atoms with Crippen molar-refractivity contribution in [2.75, 3.05) is 11.5 Å². The van der Waals surface area contributed by atoms with Crippen molar-refractivity contribution in [3.8, 4) is 0 Å². The maximum absolute atomic E-state index is 5.58. The van der Waals surface area contributed by atoms with Crippen molar-refractivity contribution in [1.29, 1.82) is 0 Å². The van der Waals surface area contributed by atoms with Crippen LogP contribution in [0.25, 0.3) is 12.2 Å². The molecule has 0 spiro atoms. The van der Waals surface area contributed by atoms with Gasteiger partial charge in [-0.3, -0.25) is 0 Å². The van der Waals surface area contributed by atoms with Gasteiger partial charge in [0.1, 0.15) is 0 Å². The molecule has 4 N–H and O–H groups in total. The Morgan fingerprint density at radius 1 is 0.722 bits per heavy atom. The monoisotopic (exact) mass is 254 g/mol. The first-order chi connectivity index (χ1) is 7.74. The Morgan fingerprint density at radius 3 is 1.39 bits per heavy atom. The first kappa shape index (κ1) is 17.8. The standard InChI is InChI=1S/C14H12N2.2Na/c15-13-7-3-11(4-8-13)1-2-12-5-9-14(16)10-6-12;;/h1-3,5,7-10H,15-16H2;;/q-2;2*+1. The summed E-state index contributed by atoms with van der Waals surface area (Å²) in [6.45, 7) is 0. The molecule has 2 aromatic carbocycles. The van der Waals surface area contributed by atoms with E-state index in [0.717, 1.165) is 22.5 Å². The summed E-state index contributed by atoms with van der Waals surface area (Å²) in [5, 5.41) is 0. The summed E-state index contributed by atoms with van der Waals surface area (Å²) in [6.07, 6.45) is 3.92. The fourth-order valence-electron chi connectivity index (χ4n) is 1.28. The van der Waals surface area contributed by atoms with Gasteiger partial charge in [0.25, 0.3) is 0 Å². The summed E-state index contributed by atoms with van der Waals surface area (Å²) in [6, 6.07) is 17.2. The van der Waals surface area contributed by atoms with Crippen molar-refractivity contribution in [2.24, 2.45) is 0 Å². The molecule has 0 saturated heterocycles. The van der Waals surface area contributed by atoms with Gasteiger partial charge in [-0.1, -0.05) is 11.4 Å². The topological polar surface area (TPSA) is 52.0 Å². The molecule has 0 bridgehead atoms. The van der Waals surface area contributed by atoms with E-state index in [4.69, 9.17) is 11.5 Å². The van der Waals surface area contributed by atoms with Gasteiger partial charge >= 0.3 is 59.1 Å². The van der Waals surface area contributed by atoms with Crippen molar-refractivity contribution in [2.45, 2.75) is 0 Å². The number of hydrogen-bond acceptors (Lipinski definition) is 2. The minimum Gasteiger partial charge on any atom is -0.436 e. The third-order valence-electron chi connectivity index (χ3n) is 2.16. The zero-order valence-corrected chi connectivity index (χ0v) is 14.8. The van der Waals surface area contributed by atoms with Crippen LogP contribution in [0.4, 0.5) is 11.4 Å². The van der Waals surface area contributed by atoms with E-state index in [1.807, 2.05) is 36.4 Å². The van der Waals surface area contributed by atoms with Crippen LogP contribution >= 0.6 is 0 Å². The van der Waals surface area contributed by atoms with E-state index in [1.165, 1.54) is 0 Å². The largest absolute Gasteiger partial charge is 1.00 e. The van der Waals surface area contributed by atoms with Crippen LogP contribution in [0.1, 0.15) is 11.1 Å². The van der Waals surface area contributed by atoms with Gasteiger partial charge in [0, 0.05) is 0 Å². The third kappa shape index (κ3) is 5.61. The van der Waals surface area contributed by atoms with Gasteiger partial charge < -0.3 is 11.5 Å². The van der Waals surface area contributed by atoms with Crippen LogP contribution in [0.15, 0.2) is 36.4 Å². The first-order valence-corrected chi connectivity index (χ1v) is 4.96. The van der Waals surface area contributed by atoms with Gasteiger partial charge in [-0.05, 0) is 0 Å². The molecule has 0 saturated carbocycles.